The van der Waals surface area contributed by atoms with E-state index < -0.39 is 0 Å². The van der Waals surface area contributed by atoms with Crippen LogP contribution in [0, 0.1) is 0 Å². The van der Waals surface area contributed by atoms with Gasteiger partial charge >= 0.3 is 0 Å². The molecule has 0 spiro atoms. The maximum Gasteiger partial charge on any atom is 0.0679 e. The lowest BCUT2D eigenvalue weighted by Gasteiger charge is -2.28. The fourth-order valence-electron chi connectivity index (χ4n) is 2.25. The van der Waals surface area contributed by atoms with Crippen molar-refractivity contribution < 1.29 is 4.84 Å². The molecule has 0 aliphatic carbocycles. The second kappa shape index (κ2) is 5.58. The molecule has 1 fully saturated rings. The first-order chi connectivity index (χ1) is 6.25. The van der Waals surface area contributed by atoms with E-state index in [0.717, 1.165) is 12.5 Å². The minimum atomic E-state index is 0.686. The third kappa shape index (κ3) is 3.25. The van der Waals surface area contributed by atoms with E-state index in [1.165, 1.54) is 25.8 Å². The van der Waals surface area contributed by atoms with Gasteiger partial charge in [-0.05, 0) is 46.1 Å². The predicted molar refractivity (Wildman–Crippen MR) is 54.2 cm³/mol. The van der Waals surface area contributed by atoms with Crippen LogP contribution >= 0.6 is 0 Å². The highest BCUT2D eigenvalue weighted by Gasteiger charge is 2.25. The van der Waals surface area contributed by atoms with Crippen molar-refractivity contribution >= 4 is 0 Å². The normalized spacial score (nSPS) is 24.5. The largest absolute Gasteiger partial charge is 0.305 e. The molecule has 0 radical (unpaired) electrons. The Morgan fingerprint density at radius 2 is 2.31 bits per heavy atom. The molecular formula is C10H22N2O. The molecule has 13 heavy (non-hydrogen) atoms. The Morgan fingerprint density at radius 1 is 1.54 bits per heavy atom. The van der Waals surface area contributed by atoms with Gasteiger partial charge in [0, 0.05) is 12.1 Å². The van der Waals surface area contributed by atoms with Gasteiger partial charge in [-0.25, -0.2) is 5.90 Å². The zero-order valence-corrected chi connectivity index (χ0v) is 8.83. The second-order valence-corrected chi connectivity index (χ2v) is 4.14. The van der Waals surface area contributed by atoms with Crippen molar-refractivity contribution in [3.05, 3.63) is 0 Å². The van der Waals surface area contributed by atoms with Gasteiger partial charge in [-0.2, -0.15) is 0 Å². The molecule has 0 aromatic heterocycles. The lowest BCUT2D eigenvalue weighted by Crippen LogP contribution is -2.35. The lowest BCUT2D eigenvalue weighted by molar-refractivity contribution is 0.120. The third-order valence-electron chi connectivity index (χ3n) is 2.89. The van der Waals surface area contributed by atoms with Gasteiger partial charge in [0.2, 0.25) is 0 Å². The summed E-state index contributed by atoms with van der Waals surface area (Å²) in [5.74, 6) is 4.99. The van der Waals surface area contributed by atoms with Gasteiger partial charge < -0.3 is 4.84 Å². The average molecular weight is 186 g/mol. The van der Waals surface area contributed by atoms with E-state index in [9.17, 15) is 0 Å². The highest BCUT2D eigenvalue weighted by atomic mass is 16.6. The predicted octanol–water partition coefficient (Wildman–Crippen LogP) is 1.53. The lowest BCUT2D eigenvalue weighted by atomic mass is 10.1. The minimum Gasteiger partial charge on any atom is -0.305 e. The first-order valence-electron chi connectivity index (χ1n) is 5.33. The van der Waals surface area contributed by atoms with Crippen molar-refractivity contribution in [2.24, 2.45) is 5.90 Å². The fraction of sp³-hybridized carbons (Fsp3) is 1.00. The summed E-state index contributed by atoms with van der Waals surface area (Å²) in [6, 6.07) is 1.46. The molecule has 3 heteroatoms. The van der Waals surface area contributed by atoms with Crippen LogP contribution in [0.3, 0.4) is 0 Å². The van der Waals surface area contributed by atoms with Crippen LogP contribution in [-0.4, -0.2) is 30.1 Å². The van der Waals surface area contributed by atoms with E-state index in [1.54, 1.807) is 0 Å². The Bertz CT molecular complexity index is 139. The Morgan fingerprint density at radius 3 is 2.92 bits per heavy atom. The van der Waals surface area contributed by atoms with Gasteiger partial charge in [0.15, 0.2) is 0 Å². The standard InChI is InChI=1S/C10H22N2O/c1-9(2)12-7-3-5-10(12)6-4-8-13-11/h9-10H,3-8,11H2,1-2H3. The quantitative estimate of drug-likeness (QED) is 0.523. The number of nitrogens with two attached hydrogens (primary N) is 1. The van der Waals surface area contributed by atoms with E-state index in [1.807, 2.05) is 0 Å². The molecule has 0 saturated carbocycles. The Kier molecular flexibility index (Phi) is 4.70. The molecule has 1 heterocycles. The summed E-state index contributed by atoms with van der Waals surface area (Å²) in [7, 11) is 0. The number of rotatable bonds is 5. The molecule has 1 rings (SSSR count). The Labute approximate surface area is 81.2 Å². The van der Waals surface area contributed by atoms with Crippen LogP contribution in [0.25, 0.3) is 0 Å². The van der Waals surface area contributed by atoms with Crippen molar-refractivity contribution in [1.29, 1.82) is 0 Å². The molecule has 1 aliphatic heterocycles. The summed E-state index contributed by atoms with van der Waals surface area (Å²) < 4.78 is 0. The van der Waals surface area contributed by atoms with Gasteiger partial charge in [-0.1, -0.05) is 0 Å². The maximum absolute atomic E-state index is 4.99. The second-order valence-electron chi connectivity index (χ2n) is 4.14. The van der Waals surface area contributed by atoms with Gasteiger partial charge in [-0.3, -0.25) is 4.90 Å². The zero-order chi connectivity index (χ0) is 9.68. The molecule has 78 valence electrons. The molecular weight excluding hydrogens is 164 g/mol. The van der Waals surface area contributed by atoms with E-state index in [4.69, 9.17) is 5.90 Å². The van der Waals surface area contributed by atoms with Crippen LogP contribution in [0.5, 0.6) is 0 Å². The van der Waals surface area contributed by atoms with E-state index >= 15 is 0 Å². The van der Waals surface area contributed by atoms with Crippen LogP contribution in [0.1, 0.15) is 39.5 Å². The monoisotopic (exact) mass is 186 g/mol. The van der Waals surface area contributed by atoms with Crippen molar-refractivity contribution in [2.45, 2.75) is 51.6 Å². The van der Waals surface area contributed by atoms with Gasteiger partial charge in [0.05, 0.1) is 6.61 Å². The van der Waals surface area contributed by atoms with Crippen LogP contribution < -0.4 is 5.90 Å². The van der Waals surface area contributed by atoms with Crippen LogP contribution in [0.4, 0.5) is 0 Å². The average Bonchev–Trinajstić information content (AvgIpc) is 2.53. The van der Waals surface area contributed by atoms with Crippen molar-refractivity contribution in [2.75, 3.05) is 13.2 Å². The highest BCUT2D eigenvalue weighted by Crippen LogP contribution is 2.23. The van der Waals surface area contributed by atoms with Crippen LogP contribution in [-0.2, 0) is 4.84 Å². The fourth-order valence-corrected chi connectivity index (χ4v) is 2.25. The van der Waals surface area contributed by atoms with E-state index in [2.05, 4.69) is 23.6 Å². The molecule has 0 aromatic rings. The molecule has 0 amide bonds. The first kappa shape index (κ1) is 11.0. The number of nitrogens with zero attached hydrogens (tertiary/aromatic N) is 1. The summed E-state index contributed by atoms with van der Waals surface area (Å²) in [5.41, 5.74) is 0. The molecule has 0 bridgehead atoms. The van der Waals surface area contributed by atoms with Gasteiger partial charge in [0.25, 0.3) is 0 Å². The SMILES string of the molecule is CC(C)N1CCCC1CCCON. The molecule has 3 nitrogen and oxygen atoms in total. The van der Waals surface area contributed by atoms with Crippen molar-refractivity contribution in [3.8, 4) is 0 Å². The molecule has 1 aliphatic rings. The Hall–Kier alpha value is -0.120. The summed E-state index contributed by atoms with van der Waals surface area (Å²) in [6.45, 7) is 6.52. The molecule has 1 atom stereocenters. The van der Waals surface area contributed by atoms with Crippen LogP contribution in [0.2, 0.25) is 0 Å². The number of likely N-dealkylation sites (tertiary alicyclic amines) is 1. The van der Waals surface area contributed by atoms with E-state index in [0.29, 0.717) is 12.6 Å². The molecule has 1 unspecified atom stereocenters. The van der Waals surface area contributed by atoms with Gasteiger partial charge in [-0.15, -0.1) is 0 Å². The number of hydrogen-bond donors (Lipinski definition) is 1. The van der Waals surface area contributed by atoms with E-state index in [-0.39, 0.29) is 0 Å². The smallest absolute Gasteiger partial charge is 0.0679 e. The summed E-state index contributed by atoms with van der Waals surface area (Å²) >= 11 is 0. The summed E-state index contributed by atoms with van der Waals surface area (Å²) in [6.07, 6.45) is 5.02. The summed E-state index contributed by atoms with van der Waals surface area (Å²) in [4.78, 5) is 7.17. The molecule has 2 N–H and O–H groups in total. The topological polar surface area (TPSA) is 38.5 Å². The third-order valence-corrected chi connectivity index (χ3v) is 2.89. The van der Waals surface area contributed by atoms with Crippen LogP contribution in [0.15, 0.2) is 0 Å². The number of hydrogen-bond acceptors (Lipinski definition) is 3. The minimum absolute atomic E-state index is 0.686. The highest BCUT2D eigenvalue weighted by molar-refractivity contribution is 4.81. The molecule has 1 saturated heterocycles. The summed E-state index contributed by atoms with van der Waals surface area (Å²) in [5, 5.41) is 0. The van der Waals surface area contributed by atoms with Crippen molar-refractivity contribution in [1.82, 2.24) is 4.90 Å². The Balaban J connectivity index is 2.23. The maximum atomic E-state index is 4.99. The van der Waals surface area contributed by atoms with Crippen molar-refractivity contribution in [3.63, 3.8) is 0 Å². The zero-order valence-electron chi connectivity index (χ0n) is 8.83. The molecule has 0 aromatic carbocycles. The first-order valence-corrected chi connectivity index (χ1v) is 5.33. The van der Waals surface area contributed by atoms with Gasteiger partial charge in [0.1, 0.15) is 0 Å².